The van der Waals surface area contributed by atoms with E-state index in [4.69, 9.17) is 0 Å². The van der Waals surface area contributed by atoms with E-state index in [0.29, 0.717) is 5.92 Å². The van der Waals surface area contributed by atoms with Gasteiger partial charge in [0.15, 0.2) is 5.78 Å². The maximum Gasteiger partial charge on any atom is 0.177 e. The number of para-hydroxylation sites is 1. The van der Waals surface area contributed by atoms with Crippen LogP contribution < -0.4 is 4.90 Å². The normalized spacial score (nSPS) is 27.1. The third-order valence-electron chi connectivity index (χ3n) is 4.61. The van der Waals surface area contributed by atoms with Gasteiger partial charge in [-0.25, -0.2) is 0 Å². The summed E-state index contributed by atoms with van der Waals surface area (Å²) in [5, 5.41) is 0. The second-order valence-corrected chi connectivity index (χ2v) is 5.76. The van der Waals surface area contributed by atoms with Gasteiger partial charge in [-0.15, -0.1) is 0 Å². The minimum atomic E-state index is -0.0207. The van der Waals surface area contributed by atoms with E-state index in [1.54, 1.807) is 6.08 Å². The molecule has 2 aliphatic rings. The Morgan fingerprint density at radius 1 is 0.905 bits per heavy atom. The molecule has 0 spiro atoms. The number of ketones is 1. The highest BCUT2D eigenvalue weighted by molar-refractivity contribution is 5.99. The molecule has 2 heterocycles. The number of carbonyl (C=O) groups is 1. The van der Waals surface area contributed by atoms with Crippen molar-refractivity contribution in [3.05, 3.63) is 78.4 Å². The molecule has 0 saturated carbocycles. The summed E-state index contributed by atoms with van der Waals surface area (Å²) >= 11 is 0. The summed E-state index contributed by atoms with van der Waals surface area (Å²) in [6, 6.07) is 21.1. The van der Waals surface area contributed by atoms with Crippen LogP contribution in [-0.2, 0) is 4.79 Å². The lowest BCUT2D eigenvalue weighted by Crippen LogP contribution is -2.43. The minimum Gasteiger partial charge on any atom is -0.354 e. The molecule has 0 aromatic heterocycles. The van der Waals surface area contributed by atoms with Gasteiger partial charge in [-0.05, 0) is 30.2 Å². The van der Waals surface area contributed by atoms with Gasteiger partial charge in [0.25, 0.3) is 0 Å². The number of carbonyl (C=O) groups excluding carboxylic acids is 1. The van der Waals surface area contributed by atoms with Crippen LogP contribution in [-0.4, -0.2) is 17.9 Å². The van der Waals surface area contributed by atoms with Gasteiger partial charge in [-0.3, -0.25) is 4.79 Å². The quantitative estimate of drug-likeness (QED) is 0.835. The van der Waals surface area contributed by atoms with E-state index in [2.05, 4.69) is 47.4 Å². The van der Waals surface area contributed by atoms with E-state index in [9.17, 15) is 4.79 Å². The van der Waals surface area contributed by atoms with Gasteiger partial charge >= 0.3 is 0 Å². The maximum absolute atomic E-state index is 12.3. The van der Waals surface area contributed by atoms with Crippen LogP contribution in [0.15, 0.2) is 72.8 Å². The Morgan fingerprint density at radius 2 is 1.57 bits per heavy atom. The van der Waals surface area contributed by atoms with Crippen molar-refractivity contribution in [1.29, 1.82) is 0 Å². The molecule has 3 atom stereocenters. The number of nitrogens with zero attached hydrogens (tertiary/aromatic N) is 1. The fourth-order valence-electron chi connectivity index (χ4n) is 3.67. The number of anilines is 1. The zero-order chi connectivity index (χ0) is 14.2. The molecule has 0 aliphatic carbocycles. The lowest BCUT2D eigenvalue weighted by Gasteiger charge is -2.33. The molecule has 2 aromatic rings. The Bertz CT molecular complexity index is 677. The third kappa shape index (κ3) is 1.99. The van der Waals surface area contributed by atoms with Crippen molar-refractivity contribution in [1.82, 2.24) is 0 Å². The van der Waals surface area contributed by atoms with E-state index in [-0.39, 0.29) is 17.9 Å². The fourth-order valence-corrected chi connectivity index (χ4v) is 3.67. The summed E-state index contributed by atoms with van der Waals surface area (Å²) in [6.07, 6.45) is 4.75. The Kier molecular flexibility index (Phi) is 2.88. The van der Waals surface area contributed by atoms with Gasteiger partial charge in [0.1, 0.15) is 0 Å². The molecule has 2 aliphatic heterocycles. The summed E-state index contributed by atoms with van der Waals surface area (Å²) in [6.45, 7) is 0. The van der Waals surface area contributed by atoms with Gasteiger partial charge in [-0.1, -0.05) is 54.6 Å². The molecular formula is C19H17NO. The van der Waals surface area contributed by atoms with Crippen LogP contribution in [0.1, 0.15) is 17.9 Å². The molecule has 0 N–H and O–H groups in total. The van der Waals surface area contributed by atoms with Crippen LogP contribution >= 0.6 is 0 Å². The van der Waals surface area contributed by atoms with Crippen molar-refractivity contribution in [3.8, 4) is 0 Å². The Balaban J connectivity index is 1.76. The highest BCUT2D eigenvalue weighted by Crippen LogP contribution is 2.43. The van der Waals surface area contributed by atoms with Crippen molar-refractivity contribution < 1.29 is 4.79 Å². The monoisotopic (exact) mass is 275 g/mol. The lowest BCUT2D eigenvalue weighted by atomic mass is 9.91. The Hall–Kier alpha value is -2.35. The number of benzene rings is 2. The molecule has 21 heavy (non-hydrogen) atoms. The second-order valence-electron chi connectivity index (χ2n) is 5.76. The topological polar surface area (TPSA) is 20.3 Å². The molecule has 2 aromatic carbocycles. The first kappa shape index (κ1) is 12.4. The van der Waals surface area contributed by atoms with Crippen molar-refractivity contribution in [2.75, 3.05) is 4.90 Å². The average molecular weight is 275 g/mol. The van der Waals surface area contributed by atoms with Crippen molar-refractivity contribution in [3.63, 3.8) is 0 Å². The van der Waals surface area contributed by atoms with E-state index >= 15 is 0 Å². The van der Waals surface area contributed by atoms with E-state index < -0.39 is 0 Å². The Morgan fingerprint density at radius 3 is 2.29 bits per heavy atom. The summed E-state index contributed by atoms with van der Waals surface area (Å²) in [5.74, 6) is 0.618. The van der Waals surface area contributed by atoms with Crippen molar-refractivity contribution >= 4 is 11.5 Å². The van der Waals surface area contributed by atoms with Gasteiger partial charge in [0, 0.05) is 11.6 Å². The first-order valence-corrected chi connectivity index (χ1v) is 7.45. The third-order valence-corrected chi connectivity index (χ3v) is 4.61. The van der Waals surface area contributed by atoms with Gasteiger partial charge in [0.05, 0.1) is 12.1 Å². The van der Waals surface area contributed by atoms with E-state index in [0.717, 1.165) is 12.1 Å². The van der Waals surface area contributed by atoms with Crippen LogP contribution in [0.2, 0.25) is 0 Å². The van der Waals surface area contributed by atoms with Gasteiger partial charge < -0.3 is 4.90 Å². The molecule has 4 rings (SSSR count). The molecule has 2 unspecified atom stereocenters. The number of hydrogen-bond donors (Lipinski definition) is 0. The zero-order valence-corrected chi connectivity index (χ0v) is 11.7. The highest BCUT2D eigenvalue weighted by Gasteiger charge is 2.45. The number of rotatable bonds is 2. The van der Waals surface area contributed by atoms with Crippen molar-refractivity contribution in [2.45, 2.75) is 24.4 Å². The number of fused-ring (bicyclic) bond motifs is 2. The van der Waals surface area contributed by atoms with E-state index in [1.807, 2.05) is 24.3 Å². The number of hydrogen-bond acceptors (Lipinski definition) is 2. The highest BCUT2D eigenvalue weighted by atomic mass is 16.1. The lowest BCUT2D eigenvalue weighted by molar-refractivity contribution is -0.115. The maximum atomic E-state index is 12.3. The van der Waals surface area contributed by atoms with E-state index in [1.165, 1.54) is 5.56 Å². The Labute approximate surface area is 124 Å². The van der Waals surface area contributed by atoms with Crippen LogP contribution in [0.25, 0.3) is 0 Å². The summed E-state index contributed by atoms with van der Waals surface area (Å²) in [7, 11) is 0. The second kappa shape index (κ2) is 4.88. The minimum absolute atomic E-state index is 0.0207. The molecule has 2 bridgehead atoms. The van der Waals surface area contributed by atoms with Crippen LogP contribution in [0.5, 0.6) is 0 Å². The smallest absolute Gasteiger partial charge is 0.177 e. The molecular weight excluding hydrogens is 258 g/mol. The van der Waals surface area contributed by atoms with Gasteiger partial charge in [-0.2, -0.15) is 0 Å². The van der Waals surface area contributed by atoms with Gasteiger partial charge in [0.2, 0.25) is 0 Å². The molecule has 2 heteroatoms. The largest absolute Gasteiger partial charge is 0.354 e. The molecule has 0 radical (unpaired) electrons. The predicted octanol–water partition coefficient (Wildman–Crippen LogP) is 3.56. The van der Waals surface area contributed by atoms with Crippen molar-refractivity contribution in [2.24, 2.45) is 0 Å². The first-order valence-electron chi connectivity index (χ1n) is 7.45. The molecule has 1 fully saturated rings. The zero-order valence-electron chi connectivity index (χ0n) is 11.7. The fraction of sp³-hybridized carbons (Fsp3) is 0.211. The van der Waals surface area contributed by atoms with Crippen LogP contribution in [0.4, 0.5) is 5.69 Å². The summed E-state index contributed by atoms with van der Waals surface area (Å²) in [4.78, 5) is 14.6. The summed E-state index contributed by atoms with van der Waals surface area (Å²) < 4.78 is 0. The molecule has 104 valence electrons. The average Bonchev–Trinajstić information content (AvgIpc) is 2.85. The first-order chi connectivity index (χ1) is 10.3. The molecule has 1 saturated heterocycles. The SMILES string of the molecule is O=C1C=CC2[C@@H](c3ccccc3)CC1N2c1ccccc1. The van der Waals surface area contributed by atoms with Crippen LogP contribution in [0.3, 0.4) is 0 Å². The van der Waals surface area contributed by atoms with Crippen LogP contribution in [0, 0.1) is 0 Å². The predicted molar refractivity (Wildman–Crippen MR) is 84.4 cm³/mol. The molecule has 2 nitrogen and oxygen atoms in total. The standard InChI is InChI=1S/C19H17NO/c21-19-12-11-17-16(14-7-3-1-4-8-14)13-18(19)20(17)15-9-5-2-6-10-15/h1-12,16-18H,13H2/t16-,17?,18?/m1/s1. The molecule has 0 amide bonds. The summed E-state index contributed by atoms with van der Waals surface area (Å²) in [5.41, 5.74) is 2.47.